The Morgan fingerprint density at radius 1 is 1.54 bits per heavy atom. The summed E-state index contributed by atoms with van der Waals surface area (Å²) in [5.41, 5.74) is 0. The van der Waals surface area contributed by atoms with Crippen LogP contribution in [0.4, 0.5) is 0 Å². The molecule has 0 saturated carbocycles. The highest BCUT2D eigenvalue weighted by Crippen LogP contribution is 2.17. The number of carbonyl (C=O) groups excluding carboxylic acids is 1. The first kappa shape index (κ1) is 9.00. The Hall–Kier alpha value is -0.570. The SMILES string of the molecule is O=C1CCN1CCC1CCCNC1. The number of piperidine rings is 1. The van der Waals surface area contributed by atoms with Crippen molar-refractivity contribution >= 4 is 5.91 Å². The van der Waals surface area contributed by atoms with Gasteiger partial charge in [-0.05, 0) is 38.3 Å². The lowest BCUT2D eigenvalue weighted by Crippen LogP contribution is -2.44. The molecule has 0 aromatic heterocycles. The summed E-state index contributed by atoms with van der Waals surface area (Å²) in [7, 11) is 0. The lowest BCUT2D eigenvalue weighted by Gasteiger charge is -2.33. The molecule has 0 spiro atoms. The molecule has 1 N–H and O–H groups in total. The number of likely N-dealkylation sites (tertiary alicyclic amines) is 1. The minimum absolute atomic E-state index is 0.351. The predicted molar refractivity (Wildman–Crippen MR) is 51.4 cm³/mol. The zero-order valence-corrected chi connectivity index (χ0v) is 8.09. The summed E-state index contributed by atoms with van der Waals surface area (Å²) >= 11 is 0. The van der Waals surface area contributed by atoms with Gasteiger partial charge in [-0.2, -0.15) is 0 Å². The van der Waals surface area contributed by atoms with Crippen LogP contribution in [0.2, 0.25) is 0 Å². The maximum Gasteiger partial charge on any atom is 0.224 e. The van der Waals surface area contributed by atoms with E-state index in [9.17, 15) is 4.79 Å². The van der Waals surface area contributed by atoms with Gasteiger partial charge in [0, 0.05) is 19.5 Å². The van der Waals surface area contributed by atoms with Crippen molar-refractivity contribution in [2.45, 2.75) is 25.7 Å². The minimum Gasteiger partial charge on any atom is -0.342 e. The highest BCUT2D eigenvalue weighted by atomic mass is 16.2. The van der Waals surface area contributed by atoms with Gasteiger partial charge < -0.3 is 10.2 Å². The number of amides is 1. The van der Waals surface area contributed by atoms with Crippen LogP contribution in [-0.2, 0) is 4.79 Å². The fourth-order valence-electron chi connectivity index (χ4n) is 2.11. The van der Waals surface area contributed by atoms with Gasteiger partial charge in [-0.3, -0.25) is 4.79 Å². The zero-order chi connectivity index (χ0) is 9.10. The molecule has 0 aromatic rings. The van der Waals surface area contributed by atoms with Crippen LogP contribution in [0.1, 0.15) is 25.7 Å². The van der Waals surface area contributed by atoms with E-state index in [1.807, 2.05) is 4.90 Å². The summed E-state index contributed by atoms with van der Waals surface area (Å²) in [5.74, 6) is 1.16. The van der Waals surface area contributed by atoms with Gasteiger partial charge in [0.15, 0.2) is 0 Å². The van der Waals surface area contributed by atoms with E-state index in [1.54, 1.807) is 0 Å². The quantitative estimate of drug-likeness (QED) is 0.649. The van der Waals surface area contributed by atoms with E-state index in [0.717, 1.165) is 32.0 Å². The second-order valence-corrected chi connectivity index (χ2v) is 4.13. The van der Waals surface area contributed by atoms with Crippen LogP contribution in [0.15, 0.2) is 0 Å². The van der Waals surface area contributed by atoms with Gasteiger partial charge in [0.1, 0.15) is 0 Å². The molecule has 3 heteroatoms. The molecule has 1 atom stereocenters. The van der Waals surface area contributed by atoms with Crippen LogP contribution in [0, 0.1) is 5.92 Å². The van der Waals surface area contributed by atoms with Gasteiger partial charge in [0.2, 0.25) is 5.91 Å². The molecular formula is C10H18N2O. The third-order valence-electron chi connectivity index (χ3n) is 3.15. The summed E-state index contributed by atoms with van der Waals surface area (Å²) < 4.78 is 0. The molecule has 0 bridgehead atoms. The number of nitrogens with one attached hydrogen (secondary N) is 1. The molecule has 74 valence electrons. The standard InChI is InChI=1S/C10H18N2O/c13-10-4-7-12(10)6-3-9-2-1-5-11-8-9/h9,11H,1-8H2. The lowest BCUT2D eigenvalue weighted by atomic mass is 9.95. The number of nitrogens with zero attached hydrogens (tertiary/aromatic N) is 1. The van der Waals surface area contributed by atoms with Crippen LogP contribution >= 0.6 is 0 Å². The van der Waals surface area contributed by atoms with Crippen molar-refractivity contribution in [3.8, 4) is 0 Å². The smallest absolute Gasteiger partial charge is 0.224 e. The van der Waals surface area contributed by atoms with Crippen LogP contribution < -0.4 is 5.32 Å². The van der Waals surface area contributed by atoms with E-state index in [4.69, 9.17) is 0 Å². The first-order chi connectivity index (χ1) is 6.36. The first-order valence-electron chi connectivity index (χ1n) is 5.35. The van der Waals surface area contributed by atoms with Crippen molar-refractivity contribution in [1.29, 1.82) is 0 Å². The van der Waals surface area contributed by atoms with Crippen molar-refractivity contribution in [3.05, 3.63) is 0 Å². The molecule has 2 fully saturated rings. The molecule has 3 nitrogen and oxygen atoms in total. The zero-order valence-electron chi connectivity index (χ0n) is 8.09. The Morgan fingerprint density at radius 2 is 2.46 bits per heavy atom. The molecule has 0 aromatic carbocycles. The lowest BCUT2D eigenvalue weighted by molar-refractivity contribution is -0.139. The van der Waals surface area contributed by atoms with E-state index < -0.39 is 0 Å². The molecule has 2 saturated heterocycles. The van der Waals surface area contributed by atoms with Gasteiger partial charge in [0.05, 0.1) is 0 Å². The highest BCUT2D eigenvalue weighted by Gasteiger charge is 2.24. The van der Waals surface area contributed by atoms with Crippen molar-refractivity contribution < 1.29 is 4.79 Å². The molecule has 2 rings (SSSR count). The summed E-state index contributed by atoms with van der Waals surface area (Å²) in [5, 5.41) is 3.40. The summed E-state index contributed by atoms with van der Waals surface area (Å²) in [6, 6.07) is 0. The van der Waals surface area contributed by atoms with Gasteiger partial charge in [-0.15, -0.1) is 0 Å². The predicted octanol–water partition coefficient (Wildman–Crippen LogP) is 0.608. The molecule has 2 aliphatic heterocycles. The van der Waals surface area contributed by atoms with E-state index >= 15 is 0 Å². The van der Waals surface area contributed by atoms with E-state index in [-0.39, 0.29) is 0 Å². The van der Waals surface area contributed by atoms with Crippen molar-refractivity contribution in [2.24, 2.45) is 5.92 Å². The molecule has 13 heavy (non-hydrogen) atoms. The number of rotatable bonds is 3. The number of hydrogen-bond donors (Lipinski definition) is 1. The topological polar surface area (TPSA) is 32.3 Å². The molecular weight excluding hydrogens is 164 g/mol. The Kier molecular flexibility index (Phi) is 2.83. The highest BCUT2D eigenvalue weighted by molar-refractivity contribution is 5.81. The van der Waals surface area contributed by atoms with Gasteiger partial charge in [-0.25, -0.2) is 0 Å². The fourth-order valence-corrected chi connectivity index (χ4v) is 2.11. The third-order valence-corrected chi connectivity index (χ3v) is 3.15. The number of carbonyl (C=O) groups is 1. The summed E-state index contributed by atoms with van der Waals surface area (Å²) in [4.78, 5) is 13.0. The summed E-state index contributed by atoms with van der Waals surface area (Å²) in [6.07, 6.45) is 4.62. The second-order valence-electron chi connectivity index (χ2n) is 4.13. The second kappa shape index (κ2) is 4.09. The Balaban J connectivity index is 1.63. The van der Waals surface area contributed by atoms with Crippen molar-refractivity contribution in [2.75, 3.05) is 26.2 Å². The van der Waals surface area contributed by atoms with Crippen molar-refractivity contribution in [1.82, 2.24) is 10.2 Å². The largest absolute Gasteiger partial charge is 0.342 e. The monoisotopic (exact) mass is 182 g/mol. The third kappa shape index (κ3) is 2.21. The molecule has 0 radical (unpaired) electrons. The molecule has 0 aliphatic carbocycles. The van der Waals surface area contributed by atoms with Crippen LogP contribution in [0.3, 0.4) is 0 Å². The molecule has 1 amide bonds. The molecule has 2 aliphatic rings. The Morgan fingerprint density at radius 3 is 3.00 bits per heavy atom. The Bertz CT molecular complexity index is 187. The Labute approximate surface area is 79.5 Å². The van der Waals surface area contributed by atoms with Crippen LogP contribution in [0.5, 0.6) is 0 Å². The van der Waals surface area contributed by atoms with Crippen molar-refractivity contribution in [3.63, 3.8) is 0 Å². The average molecular weight is 182 g/mol. The fraction of sp³-hybridized carbons (Fsp3) is 0.900. The van der Waals surface area contributed by atoms with Gasteiger partial charge in [0.25, 0.3) is 0 Å². The molecule has 1 unspecified atom stereocenters. The summed E-state index contributed by atoms with van der Waals surface area (Å²) in [6.45, 7) is 4.32. The average Bonchev–Trinajstić information content (AvgIpc) is 2.17. The maximum atomic E-state index is 11.0. The van der Waals surface area contributed by atoms with E-state index in [1.165, 1.54) is 25.8 Å². The van der Waals surface area contributed by atoms with Gasteiger partial charge >= 0.3 is 0 Å². The molecule has 2 heterocycles. The normalized spacial score (nSPS) is 28.8. The van der Waals surface area contributed by atoms with E-state index in [0.29, 0.717) is 5.91 Å². The van der Waals surface area contributed by atoms with Gasteiger partial charge in [-0.1, -0.05) is 0 Å². The van der Waals surface area contributed by atoms with Crippen LogP contribution in [0.25, 0.3) is 0 Å². The first-order valence-corrected chi connectivity index (χ1v) is 5.35. The number of hydrogen-bond acceptors (Lipinski definition) is 2. The van der Waals surface area contributed by atoms with Crippen LogP contribution in [-0.4, -0.2) is 37.0 Å². The maximum absolute atomic E-state index is 11.0. The van der Waals surface area contributed by atoms with E-state index in [2.05, 4.69) is 5.32 Å². The number of β-lactam (4-membered cyclic amide) rings is 1. The minimum atomic E-state index is 0.351.